The minimum atomic E-state index is -0.264. The Labute approximate surface area is 402 Å². The maximum Gasteiger partial charge on any atom is 0.252 e. The lowest BCUT2D eigenvalue weighted by molar-refractivity contribution is -0.141. The zero-order chi connectivity index (χ0) is 43.1. The molecule has 0 radical (unpaired) electrons. The standard InChI is InChI=1S/2C17H17Br2NO2.C16H17NO2/c2*18-17(19)15(7-4-8-15)16(17)9-12-10-22-13(20(12)14(16)21)11-5-2-1-3-6-11;18-15-14(11-7-4-8-11)9-13-10-19-16(17(13)15)12-5-2-1-3-6-12/h2*1-3,5-6,12-13H,4,7-10H2;1-3,5-6,13,16H,4,7-10H2/t12?,13-,16+;12?,13-,16-;13?,16-/m111/s1. The lowest BCUT2D eigenvalue weighted by Crippen LogP contribution is -2.35. The van der Waals surface area contributed by atoms with Crippen LogP contribution in [-0.2, 0) is 28.6 Å². The topological polar surface area (TPSA) is 88.6 Å². The third-order valence-corrected chi connectivity index (χ3v) is 23.1. The second-order valence-corrected chi connectivity index (χ2v) is 26.7. The molecule has 3 aromatic carbocycles. The van der Waals surface area contributed by atoms with Crippen molar-refractivity contribution in [3.05, 3.63) is 119 Å². The van der Waals surface area contributed by atoms with Crippen molar-refractivity contribution in [1.82, 2.24) is 14.7 Å². The fraction of sp³-hybridized carbons (Fsp3) is 0.540. The molecule has 3 aromatic rings. The molecule has 330 valence electrons. The van der Waals surface area contributed by atoms with Crippen LogP contribution in [0.2, 0.25) is 0 Å². The third kappa shape index (κ3) is 5.45. The van der Waals surface area contributed by atoms with E-state index in [1.54, 1.807) is 0 Å². The van der Waals surface area contributed by atoms with E-state index < -0.39 is 0 Å². The second-order valence-electron chi connectivity index (χ2n) is 19.8. The maximum atomic E-state index is 13.4. The molecule has 3 amide bonds. The molecule has 0 bridgehead atoms. The van der Waals surface area contributed by atoms with Gasteiger partial charge in [0.15, 0.2) is 18.7 Å². The molecule has 3 unspecified atom stereocenters. The van der Waals surface area contributed by atoms with E-state index >= 15 is 0 Å². The van der Waals surface area contributed by atoms with Crippen LogP contribution in [0, 0.1) is 21.7 Å². The summed E-state index contributed by atoms with van der Waals surface area (Å²) in [5, 5.41) is 0. The van der Waals surface area contributed by atoms with Gasteiger partial charge in [-0.25, -0.2) is 0 Å². The van der Waals surface area contributed by atoms with E-state index in [-0.39, 0.29) is 82.7 Å². The molecule has 6 aliphatic heterocycles. The molecule has 6 heterocycles. The molecule has 0 aromatic heterocycles. The van der Waals surface area contributed by atoms with Crippen molar-refractivity contribution in [3.63, 3.8) is 0 Å². The minimum absolute atomic E-state index is 0.128. The van der Waals surface area contributed by atoms with Gasteiger partial charge in [0, 0.05) is 39.5 Å². The van der Waals surface area contributed by atoms with Crippen LogP contribution in [0.4, 0.5) is 0 Å². The van der Waals surface area contributed by atoms with E-state index in [1.807, 2.05) is 106 Å². The highest BCUT2D eigenvalue weighted by molar-refractivity contribution is 9.26. The Kier molecular flexibility index (Phi) is 9.87. The number of nitrogens with zero attached hydrogens (tertiary/aromatic N) is 3. The molecule has 63 heavy (non-hydrogen) atoms. The summed E-state index contributed by atoms with van der Waals surface area (Å²) in [5.74, 6) is 0.764. The first kappa shape index (κ1) is 42.0. The SMILES string of the molecule is O=C1C(=C2CCC2)CC2CO[C@H](c3ccccc3)N12.O=C1N2C(CO[C@@H]2c2ccccc2)C[C@@]12C(Br)(Br)C21CCC1.O=C1N2C(CO[C@@H]2c2ccccc2)C[C@]12C(Br)(Br)C21CCC1. The van der Waals surface area contributed by atoms with Gasteiger partial charge in [-0.3, -0.25) is 14.4 Å². The van der Waals surface area contributed by atoms with Gasteiger partial charge < -0.3 is 28.9 Å². The van der Waals surface area contributed by atoms with E-state index in [2.05, 4.69) is 63.7 Å². The van der Waals surface area contributed by atoms with E-state index in [9.17, 15) is 14.4 Å². The first-order valence-electron chi connectivity index (χ1n) is 22.9. The first-order chi connectivity index (χ1) is 30.4. The number of hydrogen-bond acceptors (Lipinski definition) is 6. The molecule has 0 N–H and O–H groups in total. The number of benzene rings is 3. The maximum absolute atomic E-state index is 13.4. The molecular weight excluding hydrogens is 1060 g/mol. The highest BCUT2D eigenvalue weighted by Gasteiger charge is 2.93. The normalized spacial score (nSPS) is 37.0. The number of carbonyl (C=O) groups excluding carboxylic acids is 3. The molecule has 8 atom stereocenters. The van der Waals surface area contributed by atoms with Crippen molar-refractivity contribution < 1.29 is 28.6 Å². The summed E-state index contributed by atoms with van der Waals surface area (Å²) in [7, 11) is 0. The van der Waals surface area contributed by atoms with Crippen LogP contribution in [0.3, 0.4) is 0 Å². The fourth-order valence-electron chi connectivity index (χ4n) is 13.5. The molecule has 11 fully saturated rings. The summed E-state index contributed by atoms with van der Waals surface area (Å²) >= 11 is 15.4. The van der Waals surface area contributed by atoms with Gasteiger partial charge in [0.2, 0.25) is 11.8 Å². The number of alkyl halides is 4. The van der Waals surface area contributed by atoms with Crippen LogP contribution >= 0.6 is 63.7 Å². The van der Waals surface area contributed by atoms with Crippen LogP contribution in [0.5, 0.6) is 0 Å². The van der Waals surface area contributed by atoms with Crippen molar-refractivity contribution in [2.24, 2.45) is 21.7 Å². The number of halogens is 4. The number of carbonyl (C=O) groups is 3. The Hall–Kier alpha value is -2.39. The van der Waals surface area contributed by atoms with Crippen LogP contribution in [0.15, 0.2) is 102 Å². The minimum Gasteiger partial charge on any atom is -0.352 e. The molecule has 6 saturated heterocycles. The van der Waals surface area contributed by atoms with Gasteiger partial charge in [0.05, 0.1) is 48.8 Å². The zero-order valence-corrected chi connectivity index (χ0v) is 41.4. The molecule has 4 spiro atoms. The lowest BCUT2D eigenvalue weighted by atomic mass is 9.74. The molecular formula is C50H51Br4N3O6. The molecule has 5 aliphatic carbocycles. The van der Waals surface area contributed by atoms with Gasteiger partial charge in [0.25, 0.3) is 5.91 Å². The van der Waals surface area contributed by atoms with Crippen LogP contribution < -0.4 is 0 Å². The van der Waals surface area contributed by atoms with Crippen molar-refractivity contribution in [2.75, 3.05) is 19.8 Å². The Morgan fingerprint density at radius 1 is 0.492 bits per heavy atom. The van der Waals surface area contributed by atoms with Crippen LogP contribution in [-0.4, -0.2) is 76.8 Å². The van der Waals surface area contributed by atoms with Gasteiger partial charge in [-0.15, -0.1) is 0 Å². The van der Waals surface area contributed by atoms with Crippen LogP contribution in [0.25, 0.3) is 0 Å². The molecule has 5 saturated carbocycles. The number of rotatable bonds is 3. The number of allylic oxidation sites excluding steroid dienone is 1. The van der Waals surface area contributed by atoms with Gasteiger partial charge >= 0.3 is 0 Å². The summed E-state index contributed by atoms with van der Waals surface area (Å²) in [6.45, 7) is 1.97. The van der Waals surface area contributed by atoms with Crippen molar-refractivity contribution in [2.45, 2.75) is 120 Å². The Morgan fingerprint density at radius 2 is 0.873 bits per heavy atom. The van der Waals surface area contributed by atoms with Gasteiger partial charge in [-0.05, 0) is 57.8 Å². The van der Waals surface area contributed by atoms with Crippen molar-refractivity contribution in [1.29, 1.82) is 0 Å². The Balaban J connectivity index is 0.000000101. The highest BCUT2D eigenvalue weighted by atomic mass is 79.9. The number of hydrogen-bond donors (Lipinski definition) is 0. The molecule has 13 heteroatoms. The van der Waals surface area contributed by atoms with E-state index in [0.717, 1.165) is 80.1 Å². The predicted molar refractivity (Wildman–Crippen MR) is 251 cm³/mol. The van der Waals surface area contributed by atoms with Gasteiger partial charge in [-0.1, -0.05) is 173 Å². The fourth-order valence-corrected chi connectivity index (χ4v) is 18.9. The summed E-state index contributed by atoms with van der Waals surface area (Å²) in [6.07, 6.45) is 12.6. The lowest BCUT2D eigenvalue weighted by Gasteiger charge is -2.30. The summed E-state index contributed by atoms with van der Waals surface area (Å²) in [4.78, 5) is 45.3. The summed E-state index contributed by atoms with van der Waals surface area (Å²) in [5.41, 5.74) is 5.44. The summed E-state index contributed by atoms with van der Waals surface area (Å²) < 4.78 is 17.3. The van der Waals surface area contributed by atoms with Crippen molar-refractivity contribution >= 4 is 81.4 Å². The first-order valence-corrected chi connectivity index (χ1v) is 26.1. The number of ether oxygens (including phenoxy) is 3. The third-order valence-electron chi connectivity index (χ3n) is 17.3. The molecule has 11 aliphatic rings. The molecule has 9 nitrogen and oxygen atoms in total. The monoisotopic (exact) mass is 1110 g/mol. The van der Waals surface area contributed by atoms with Crippen molar-refractivity contribution in [3.8, 4) is 0 Å². The van der Waals surface area contributed by atoms with E-state index in [0.29, 0.717) is 19.8 Å². The predicted octanol–water partition coefficient (Wildman–Crippen LogP) is 10.7. The van der Waals surface area contributed by atoms with Gasteiger partial charge in [0.1, 0.15) is 6.47 Å². The van der Waals surface area contributed by atoms with E-state index in [4.69, 9.17) is 14.2 Å². The smallest absolute Gasteiger partial charge is 0.252 e. The van der Waals surface area contributed by atoms with E-state index in [1.165, 1.54) is 24.8 Å². The second kappa shape index (κ2) is 14.8. The van der Waals surface area contributed by atoms with Gasteiger partial charge in [-0.2, -0.15) is 0 Å². The average molecular weight is 1110 g/mol. The number of amides is 3. The molecule has 14 rings (SSSR count). The summed E-state index contributed by atoms with van der Waals surface area (Å²) in [6, 6.07) is 30.9. The Morgan fingerprint density at radius 3 is 1.21 bits per heavy atom. The highest BCUT2D eigenvalue weighted by Crippen LogP contribution is 2.91. The van der Waals surface area contributed by atoms with Crippen LogP contribution in [0.1, 0.15) is 112 Å². The number of fused-ring (bicyclic) bond motifs is 5. The average Bonchev–Trinajstić information content (AvgIpc) is 3.86. The zero-order valence-electron chi connectivity index (χ0n) is 35.0. The Bertz CT molecular complexity index is 2270. The quantitative estimate of drug-likeness (QED) is 0.192. The largest absolute Gasteiger partial charge is 0.352 e.